The Morgan fingerprint density at radius 2 is 1.44 bits per heavy atom. The molecular weight excluding hydrogens is 340 g/mol. The molecule has 2 aromatic carbocycles. The second-order valence-electron chi connectivity index (χ2n) is 6.72. The van der Waals surface area contributed by atoms with Crippen LogP contribution in [0.5, 0.6) is 0 Å². The van der Waals surface area contributed by atoms with Crippen molar-refractivity contribution in [3.63, 3.8) is 0 Å². The van der Waals surface area contributed by atoms with Crippen molar-refractivity contribution in [3.05, 3.63) is 76.9 Å². The van der Waals surface area contributed by atoms with Crippen LogP contribution in [0.4, 0.5) is 0 Å². The first kappa shape index (κ1) is 20.4. The number of hydrogen-bond acceptors (Lipinski definition) is 4. The molecule has 142 valence electrons. The molecule has 27 heavy (non-hydrogen) atoms. The summed E-state index contributed by atoms with van der Waals surface area (Å²) < 4.78 is 10.6. The summed E-state index contributed by atoms with van der Waals surface area (Å²) in [6, 6.07) is 17.9. The summed E-state index contributed by atoms with van der Waals surface area (Å²) in [5.41, 5.74) is 3.94. The van der Waals surface area contributed by atoms with E-state index in [1.54, 1.807) is 0 Å². The van der Waals surface area contributed by atoms with Crippen molar-refractivity contribution < 1.29 is 19.1 Å². The zero-order valence-corrected chi connectivity index (χ0v) is 16.3. The van der Waals surface area contributed by atoms with Crippen LogP contribution >= 0.6 is 0 Å². The second-order valence-corrected chi connectivity index (χ2v) is 6.72. The molecule has 4 heteroatoms. The Morgan fingerprint density at radius 3 is 2.00 bits per heavy atom. The van der Waals surface area contributed by atoms with E-state index in [4.69, 9.17) is 9.47 Å². The zero-order valence-electron chi connectivity index (χ0n) is 16.3. The molecule has 0 atom stereocenters. The quantitative estimate of drug-likeness (QED) is 0.517. The van der Waals surface area contributed by atoms with Gasteiger partial charge in [0.2, 0.25) is 0 Å². The molecule has 4 nitrogen and oxygen atoms in total. The third-order valence-corrected chi connectivity index (χ3v) is 4.06. The van der Waals surface area contributed by atoms with Crippen molar-refractivity contribution >= 4 is 18.0 Å². The van der Waals surface area contributed by atoms with Crippen LogP contribution in [0.2, 0.25) is 0 Å². The monoisotopic (exact) mass is 366 g/mol. The van der Waals surface area contributed by atoms with Gasteiger partial charge in [-0.15, -0.1) is 0 Å². The van der Waals surface area contributed by atoms with E-state index in [-0.39, 0.29) is 0 Å². The van der Waals surface area contributed by atoms with Crippen molar-refractivity contribution in [1.82, 2.24) is 0 Å². The van der Waals surface area contributed by atoms with E-state index in [1.807, 2.05) is 54.6 Å². The van der Waals surface area contributed by atoms with Crippen molar-refractivity contribution in [1.29, 1.82) is 0 Å². The van der Waals surface area contributed by atoms with Crippen molar-refractivity contribution in [2.45, 2.75) is 46.3 Å². The molecule has 2 rings (SSSR count). The Kier molecular flexibility index (Phi) is 7.35. The van der Waals surface area contributed by atoms with Crippen molar-refractivity contribution in [2.24, 2.45) is 0 Å². The molecule has 0 unspecified atom stereocenters. The molecule has 0 bridgehead atoms. The van der Waals surface area contributed by atoms with Crippen LogP contribution in [0.1, 0.15) is 50.3 Å². The maximum atomic E-state index is 11.6. The highest BCUT2D eigenvalue weighted by Gasteiger charge is 2.22. The molecule has 0 saturated carbocycles. The molecule has 0 aliphatic heterocycles. The molecule has 0 aromatic heterocycles. The molecule has 0 N–H and O–H groups in total. The highest BCUT2D eigenvalue weighted by molar-refractivity contribution is 5.70. The molecule has 0 saturated heterocycles. The van der Waals surface area contributed by atoms with Gasteiger partial charge in [0.1, 0.15) is 0 Å². The molecule has 0 aliphatic rings. The van der Waals surface area contributed by atoms with Gasteiger partial charge < -0.3 is 9.47 Å². The molecular formula is C23H26O4. The first-order valence-electron chi connectivity index (χ1n) is 9.04. The standard InChI is InChI=1S/C23H26O4/c1-16(2)22-13-9-8-12-20(22)15-21(14-19-10-6-5-7-11-19)23(26-17(3)24)27-18(4)25/h5-13,15-16,23H,14H2,1-4H3. The van der Waals surface area contributed by atoms with Gasteiger partial charge in [-0.25, -0.2) is 0 Å². The third kappa shape index (κ3) is 6.41. The van der Waals surface area contributed by atoms with E-state index in [1.165, 1.54) is 19.4 Å². The number of benzene rings is 2. The average molecular weight is 366 g/mol. The lowest BCUT2D eigenvalue weighted by Gasteiger charge is -2.21. The van der Waals surface area contributed by atoms with Crippen LogP contribution in [0.3, 0.4) is 0 Å². The highest BCUT2D eigenvalue weighted by atomic mass is 16.7. The largest absolute Gasteiger partial charge is 0.421 e. The van der Waals surface area contributed by atoms with Gasteiger partial charge in [0.15, 0.2) is 0 Å². The summed E-state index contributed by atoms with van der Waals surface area (Å²) in [6.45, 7) is 6.86. The van der Waals surface area contributed by atoms with Gasteiger partial charge >= 0.3 is 11.9 Å². The number of rotatable bonds is 7. The molecule has 0 aliphatic carbocycles. The zero-order chi connectivity index (χ0) is 19.8. The van der Waals surface area contributed by atoms with Crippen LogP contribution in [-0.2, 0) is 25.5 Å². The SMILES string of the molecule is CC(=O)OC(OC(C)=O)C(=Cc1ccccc1C(C)C)Cc1ccccc1. The summed E-state index contributed by atoms with van der Waals surface area (Å²) in [4.78, 5) is 23.2. The van der Waals surface area contributed by atoms with Gasteiger partial charge in [0.25, 0.3) is 6.29 Å². The van der Waals surface area contributed by atoms with E-state index in [2.05, 4.69) is 19.9 Å². The lowest BCUT2D eigenvalue weighted by Crippen LogP contribution is -2.25. The fourth-order valence-electron chi connectivity index (χ4n) is 2.88. The smallest absolute Gasteiger partial charge is 0.305 e. The van der Waals surface area contributed by atoms with Crippen LogP contribution in [-0.4, -0.2) is 18.2 Å². The molecule has 0 radical (unpaired) electrons. The van der Waals surface area contributed by atoms with Crippen LogP contribution < -0.4 is 0 Å². The Hall–Kier alpha value is -2.88. The Bertz CT molecular complexity index is 790. The fraction of sp³-hybridized carbons (Fsp3) is 0.304. The van der Waals surface area contributed by atoms with Gasteiger partial charge in [-0.2, -0.15) is 0 Å². The van der Waals surface area contributed by atoms with E-state index in [9.17, 15) is 9.59 Å². The van der Waals surface area contributed by atoms with Gasteiger partial charge in [0, 0.05) is 25.8 Å². The Morgan fingerprint density at radius 1 is 0.889 bits per heavy atom. The predicted octanol–water partition coefficient (Wildman–Crippen LogP) is 4.89. The number of esters is 2. The van der Waals surface area contributed by atoms with Crippen LogP contribution in [0, 0.1) is 0 Å². The number of carbonyl (C=O) groups is 2. The van der Waals surface area contributed by atoms with E-state index >= 15 is 0 Å². The average Bonchev–Trinajstić information content (AvgIpc) is 2.61. The van der Waals surface area contributed by atoms with E-state index in [0.717, 1.165) is 11.1 Å². The van der Waals surface area contributed by atoms with E-state index < -0.39 is 18.2 Å². The molecule has 2 aromatic rings. The number of ether oxygens (including phenoxy) is 2. The van der Waals surface area contributed by atoms with Crippen LogP contribution in [0.25, 0.3) is 6.08 Å². The summed E-state index contributed by atoms with van der Waals surface area (Å²) in [5, 5.41) is 0. The van der Waals surface area contributed by atoms with Gasteiger partial charge in [-0.3, -0.25) is 9.59 Å². The Labute approximate surface area is 160 Å². The summed E-state index contributed by atoms with van der Waals surface area (Å²) in [7, 11) is 0. The first-order valence-corrected chi connectivity index (χ1v) is 9.04. The van der Waals surface area contributed by atoms with Gasteiger partial charge in [-0.05, 0) is 28.7 Å². The third-order valence-electron chi connectivity index (χ3n) is 4.06. The maximum absolute atomic E-state index is 11.6. The van der Waals surface area contributed by atoms with Crippen molar-refractivity contribution in [2.75, 3.05) is 0 Å². The number of hydrogen-bond donors (Lipinski definition) is 0. The summed E-state index contributed by atoms with van der Waals surface area (Å²) >= 11 is 0. The normalized spacial score (nSPS) is 11.6. The van der Waals surface area contributed by atoms with Crippen LogP contribution in [0.15, 0.2) is 60.2 Å². The second kappa shape index (κ2) is 9.72. The lowest BCUT2D eigenvalue weighted by atomic mass is 9.94. The Balaban J connectivity index is 2.50. The summed E-state index contributed by atoms with van der Waals surface area (Å²) in [5.74, 6) is -0.675. The highest BCUT2D eigenvalue weighted by Crippen LogP contribution is 2.25. The predicted molar refractivity (Wildman–Crippen MR) is 106 cm³/mol. The number of carbonyl (C=O) groups excluding carboxylic acids is 2. The maximum Gasteiger partial charge on any atom is 0.305 e. The molecule has 0 fully saturated rings. The minimum absolute atomic E-state index is 0.330. The van der Waals surface area contributed by atoms with Gasteiger partial charge in [-0.1, -0.05) is 68.4 Å². The lowest BCUT2D eigenvalue weighted by molar-refractivity contribution is -0.178. The topological polar surface area (TPSA) is 52.6 Å². The summed E-state index contributed by atoms with van der Waals surface area (Å²) in [6.07, 6.45) is 1.40. The first-order chi connectivity index (χ1) is 12.9. The molecule has 0 heterocycles. The minimum atomic E-state index is -1.06. The van der Waals surface area contributed by atoms with Crippen molar-refractivity contribution in [3.8, 4) is 0 Å². The van der Waals surface area contributed by atoms with E-state index in [0.29, 0.717) is 17.9 Å². The molecule has 0 amide bonds. The van der Waals surface area contributed by atoms with Gasteiger partial charge in [0.05, 0.1) is 0 Å². The fourth-order valence-corrected chi connectivity index (χ4v) is 2.88. The molecule has 0 spiro atoms. The minimum Gasteiger partial charge on any atom is -0.421 e.